The summed E-state index contributed by atoms with van der Waals surface area (Å²) in [5, 5.41) is 7.17. The molecule has 5 heteroatoms. The first-order valence-corrected chi connectivity index (χ1v) is 8.01. The quantitative estimate of drug-likeness (QED) is 0.861. The lowest BCUT2D eigenvalue weighted by Gasteiger charge is -2.23. The van der Waals surface area contributed by atoms with Crippen LogP contribution in [0.25, 0.3) is 6.08 Å². The summed E-state index contributed by atoms with van der Waals surface area (Å²) >= 11 is 0. The van der Waals surface area contributed by atoms with Gasteiger partial charge < -0.3 is 5.32 Å². The van der Waals surface area contributed by atoms with Crippen molar-refractivity contribution in [2.75, 3.05) is 5.32 Å². The largest absolute Gasteiger partial charge is 0.307 e. The Morgan fingerprint density at radius 2 is 2.00 bits per heavy atom. The highest BCUT2D eigenvalue weighted by atomic mass is 19.1. The Labute approximate surface area is 135 Å². The third kappa shape index (κ3) is 3.86. The minimum Gasteiger partial charge on any atom is -0.307 e. The van der Waals surface area contributed by atoms with Crippen LogP contribution in [0.2, 0.25) is 0 Å². The van der Waals surface area contributed by atoms with Crippen LogP contribution in [0.3, 0.4) is 0 Å². The molecule has 0 radical (unpaired) electrons. The lowest BCUT2D eigenvalue weighted by atomic mass is 9.96. The Hall–Kier alpha value is -2.43. The number of aromatic nitrogens is 2. The van der Waals surface area contributed by atoms with Gasteiger partial charge in [-0.3, -0.25) is 4.79 Å². The van der Waals surface area contributed by atoms with Crippen molar-refractivity contribution >= 4 is 17.8 Å². The maximum Gasteiger partial charge on any atom is 0.249 e. The fourth-order valence-corrected chi connectivity index (χ4v) is 2.97. The van der Waals surface area contributed by atoms with Crippen molar-refractivity contribution in [2.24, 2.45) is 0 Å². The van der Waals surface area contributed by atoms with Crippen molar-refractivity contribution in [2.45, 2.75) is 38.1 Å². The zero-order chi connectivity index (χ0) is 16.1. The van der Waals surface area contributed by atoms with E-state index in [0.29, 0.717) is 17.4 Å². The van der Waals surface area contributed by atoms with Crippen LogP contribution in [0.4, 0.5) is 10.2 Å². The number of benzene rings is 1. The van der Waals surface area contributed by atoms with Crippen LogP contribution >= 0.6 is 0 Å². The van der Waals surface area contributed by atoms with E-state index >= 15 is 0 Å². The molecule has 0 unspecified atom stereocenters. The van der Waals surface area contributed by atoms with Gasteiger partial charge in [-0.15, -0.1) is 0 Å². The van der Waals surface area contributed by atoms with Gasteiger partial charge in [0.1, 0.15) is 11.6 Å². The van der Waals surface area contributed by atoms with E-state index in [4.69, 9.17) is 0 Å². The van der Waals surface area contributed by atoms with Crippen LogP contribution in [0.5, 0.6) is 0 Å². The molecule has 0 saturated heterocycles. The third-order valence-electron chi connectivity index (χ3n) is 4.16. The minimum absolute atomic E-state index is 0.286. The maximum atomic E-state index is 13.5. The molecule has 0 aliphatic heterocycles. The van der Waals surface area contributed by atoms with E-state index in [1.807, 2.05) is 4.68 Å². The minimum atomic E-state index is -0.344. The second-order valence-corrected chi connectivity index (χ2v) is 5.80. The van der Waals surface area contributed by atoms with Crippen molar-refractivity contribution in [3.63, 3.8) is 0 Å². The van der Waals surface area contributed by atoms with Crippen LogP contribution in [-0.2, 0) is 4.79 Å². The number of carbonyl (C=O) groups excluding carboxylic acids is 1. The highest BCUT2D eigenvalue weighted by Gasteiger charge is 2.18. The van der Waals surface area contributed by atoms with E-state index in [9.17, 15) is 9.18 Å². The summed E-state index contributed by atoms with van der Waals surface area (Å²) in [4.78, 5) is 12.1. The highest BCUT2D eigenvalue weighted by Crippen LogP contribution is 2.29. The topological polar surface area (TPSA) is 46.9 Å². The molecule has 1 aliphatic rings. The number of hydrogen-bond acceptors (Lipinski definition) is 2. The predicted molar refractivity (Wildman–Crippen MR) is 88.4 cm³/mol. The SMILES string of the molecule is O=C(/C=C/c1ccccc1F)Nc1ccnn1C1CCCCC1. The molecule has 1 N–H and O–H groups in total. The Kier molecular flexibility index (Phi) is 4.86. The summed E-state index contributed by atoms with van der Waals surface area (Å²) < 4.78 is 15.4. The van der Waals surface area contributed by atoms with E-state index in [0.717, 1.165) is 12.8 Å². The van der Waals surface area contributed by atoms with Gasteiger partial charge in [0.2, 0.25) is 5.91 Å². The second kappa shape index (κ2) is 7.22. The molecule has 1 saturated carbocycles. The van der Waals surface area contributed by atoms with E-state index < -0.39 is 0 Å². The van der Waals surface area contributed by atoms with Gasteiger partial charge in [0, 0.05) is 17.7 Å². The molecule has 1 aromatic carbocycles. The number of halogens is 1. The summed E-state index contributed by atoms with van der Waals surface area (Å²) in [6.07, 6.45) is 10.4. The van der Waals surface area contributed by atoms with Crippen LogP contribution in [0.15, 0.2) is 42.6 Å². The molecule has 1 heterocycles. The summed E-state index contributed by atoms with van der Waals surface area (Å²) in [6, 6.07) is 8.50. The first kappa shape index (κ1) is 15.5. The lowest BCUT2D eigenvalue weighted by Crippen LogP contribution is -2.19. The average Bonchev–Trinajstić information content (AvgIpc) is 3.03. The Bertz CT molecular complexity index is 702. The number of nitrogens with zero attached hydrogens (tertiary/aromatic N) is 2. The highest BCUT2D eigenvalue weighted by molar-refractivity contribution is 6.01. The second-order valence-electron chi connectivity index (χ2n) is 5.80. The summed E-state index contributed by atoms with van der Waals surface area (Å²) in [5.74, 6) is 0.0645. The number of hydrogen-bond donors (Lipinski definition) is 1. The lowest BCUT2D eigenvalue weighted by molar-refractivity contribution is -0.111. The molecule has 23 heavy (non-hydrogen) atoms. The van der Waals surface area contributed by atoms with Crippen molar-refractivity contribution < 1.29 is 9.18 Å². The first-order chi connectivity index (χ1) is 11.2. The van der Waals surface area contributed by atoms with Crippen LogP contribution in [-0.4, -0.2) is 15.7 Å². The summed E-state index contributed by atoms with van der Waals surface area (Å²) in [6.45, 7) is 0. The van der Waals surface area contributed by atoms with Crippen molar-refractivity contribution in [1.82, 2.24) is 9.78 Å². The molecule has 0 bridgehead atoms. The molecule has 2 aromatic rings. The molecule has 120 valence electrons. The monoisotopic (exact) mass is 313 g/mol. The Balaban J connectivity index is 1.66. The Morgan fingerprint density at radius 1 is 1.22 bits per heavy atom. The van der Waals surface area contributed by atoms with Gasteiger partial charge in [-0.2, -0.15) is 5.10 Å². The molecule has 0 spiro atoms. The van der Waals surface area contributed by atoms with E-state index in [1.165, 1.54) is 37.5 Å². The normalized spacial score (nSPS) is 15.9. The zero-order valence-electron chi connectivity index (χ0n) is 12.9. The number of nitrogens with one attached hydrogen (secondary N) is 1. The molecule has 1 aromatic heterocycles. The van der Waals surface area contributed by atoms with Gasteiger partial charge in [-0.1, -0.05) is 37.5 Å². The molecule has 1 amide bonds. The van der Waals surface area contributed by atoms with E-state index in [-0.39, 0.29) is 11.7 Å². The van der Waals surface area contributed by atoms with Crippen LogP contribution in [0, 0.1) is 5.82 Å². The van der Waals surface area contributed by atoms with Crippen molar-refractivity contribution in [1.29, 1.82) is 0 Å². The number of anilines is 1. The number of amides is 1. The third-order valence-corrected chi connectivity index (χ3v) is 4.16. The first-order valence-electron chi connectivity index (χ1n) is 8.01. The fourth-order valence-electron chi connectivity index (χ4n) is 2.97. The standard InChI is InChI=1S/C18H20FN3O/c19-16-9-5-4-6-14(16)10-11-18(23)21-17-12-13-20-22(17)15-7-2-1-3-8-15/h4-6,9-13,15H,1-3,7-8H2,(H,21,23)/b11-10+. The number of carbonyl (C=O) groups is 1. The van der Waals surface area contributed by atoms with Gasteiger partial charge in [0.25, 0.3) is 0 Å². The number of rotatable bonds is 4. The van der Waals surface area contributed by atoms with Gasteiger partial charge >= 0.3 is 0 Å². The molecule has 4 nitrogen and oxygen atoms in total. The molecule has 1 fully saturated rings. The van der Waals surface area contributed by atoms with E-state index in [2.05, 4.69) is 10.4 Å². The van der Waals surface area contributed by atoms with Crippen LogP contribution < -0.4 is 5.32 Å². The van der Waals surface area contributed by atoms with Crippen LogP contribution in [0.1, 0.15) is 43.7 Å². The summed E-state index contributed by atoms with van der Waals surface area (Å²) in [5.41, 5.74) is 0.392. The Morgan fingerprint density at radius 3 is 2.78 bits per heavy atom. The van der Waals surface area contributed by atoms with Gasteiger partial charge in [-0.25, -0.2) is 9.07 Å². The molecular formula is C18H20FN3O. The summed E-state index contributed by atoms with van der Waals surface area (Å²) in [7, 11) is 0. The average molecular weight is 313 g/mol. The van der Waals surface area contributed by atoms with Gasteiger partial charge in [0.15, 0.2) is 0 Å². The fraction of sp³-hybridized carbons (Fsp3) is 0.333. The van der Waals surface area contributed by atoms with Gasteiger partial charge in [0.05, 0.1) is 12.2 Å². The smallest absolute Gasteiger partial charge is 0.249 e. The maximum absolute atomic E-state index is 13.5. The van der Waals surface area contributed by atoms with Crippen molar-refractivity contribution in [3.8, 4) is 0 Å². The van der Waals surface area contributed by atoms with E-state index in [1.54, 1.807) is 30.5 Å². The predicted octanol–water partition coefficient (Wildman–Crippen LogP) is 4.18. The molecule has 0 atom stereocenters. The zero-order valence-corrected chi connectivity index (χ0v) is 12.9. The molecular weight excluding hydrogens is 293 g/mol. The molecule has 1 aliphatic carbocycles. The molecule has 3 rings (SSSR count). The van der Waals surface area contributed by atoms with Crippen molar-refractivity contribution in [3.05, 3.63) is 54.0 Å². The van der Waals surface area contributed by atoms with Gasteiger partial charge in [-0.05, 0) is 25.0 Å².